The molecule has 0 fully saturated rings. The first-order valence-electron chi connectivity index (χ1n) is 16.5. The summed E-state index contributed by atoms with van der Waals surface area (Å²) in [6, 6.07) is 9.99. The molecule has 2 bridgehead atoms. The van der Waals surface area contributed by atoms with Gasteiger partial charge in [-0.1, -0.05) is 6.58 Å². The van der Waals surface area contributed by atoms with Gasteiger partial charge < -0.3 is 19.1 Å². The summed E-state index contributed by atoms with van der Waals surface area (Å²) in [5.41, 5.74) is 5.64. The molecule has 6 heterocycles. The van der Waals surface area contributed by atoms with Crippen molar-refractivity contribution in [2.75, 3.05) is 33.0 Å². The minimum absolute atomic E-state index is 0.0513. The average molecular weight is 694 g/mol. The summed E-state index contributed by atoms with van der Waals surface area (Å²) >= 11 is 1.43. The highest BCUT2D eigenvalue weighted by Crippen LogP contribution is 2.49. The lowest BCUT2D eigenvalue weighted by atomic mass is 9.93. The van der Waals surface area contributed by atoms with E-state index in [2.05, 4.69) is 11.7 Å². The lowest BCUT2D eigenvalue weighted by molar-refractivity contribution is -0.126. The molecule has 0 N–H and O–H groups in total. The van der Waals surface area contributed by atoms with Crippen LogP contribution in [0.2, 0.25) is 0 Å². The van der Waals surface area contributed by atoms with Gasteiger partial charge in [0.1, 0.15) is 29.7 Å². The van der Waals surface area contributed by atoms with Crippen molar-refractivity contribution < 1.29 is 27.8 Å². The Bertz CT molecular complexity index is 2300. The molecule has 1 amide bonds. The van der Waals surface area contributed by atoms with E-state index < -0.39 is 11.6 Å². The van der Waals surface area contributed by atoms with E-state index in [-0.39, 0.29) is 30.4 Å². The summed E-state index contributed by atoms with van der Waals surface area (Å²) in [6.07, 6.45) is 6.94. The van der Waals surface area contributed by atoms with Gasteiger partial charge >= 0.3 is 0 Å². The van der Waals surface area contributed by atoms with E-state index in [0.717, 1.165) is 56.7 Å². The van der Waals surface area contributed by atoms with Crippen LogP contribution in [0, 0.1) is 11.6 Å². The van der Waals surface area contributed by atoms with Gasteiger partial charge in [-0.2, -0.15) is 5.10 Å². The molecule has 0 atom stereocenters. The van der Waals surface area contributed by atoms with Gasteiger partial charge in [-0.15, -0.1) is 11.3 Å². The Hall–Kier alpha value is -5.20. The molecule has 2 aliphatic rings. The van der Waals surface area contributed by atoms with Crippen molar-refractivity contribution >= 4 is 38.2 Å². The molecular formula is C38H33F2N5O4S. The standard InChI is InChI=1S/C38H33F2N5O4S/c1-3-33(46)45-8-6-29-24(21-45)14-23(19-41-29)36-35-34-28(40)16-25(39)17-32(34)49-12-11-47-9-4-5-10-48-31-18-30-22(20-42-44(30)2)15-27(31)37(43-36)26-7-13-50-38(26)35/h3,7,13-20H,1,4-6,8-12,21H2,2H3. The number of fused-ring (bicyclic) bond motifs is 6. The number of rotatable bonds is 2. The number of hydrogen-bond donors (Lipinski definition) is 0. The zero-order chi connectivity index (χ0) is 34.4. The van der Waals surface area contributed by atoms with Crippen molar-refractivity contribution in [1.82, 2.24) is 24.6 Å². The highest BCUT2D eigenvalue weighted by molar-refractivity contribution is 7.18. The van der Waals surface area contributed by atoms with Gasteiger partial charge in [-0.05, 0) is 48.1 Å². The number of thiophene rings is 1. The molecule has 0 saturated heterocycles. The fourth-order valence-corrected chi connectivity index (χ4v) is 7.68. The van der Waals surface area contributed by atoms with E-state index in [1.54, 1.807) is 22.0 Å². The topological polar surface area (TPSA) is 91.6 Å². The second kappa shape index (κ2) is 13.3. The van der Waals surface area contributed by atoms with Crippen LogP contribution in [0.25, 0.3) is 54.6 Å². The van der Waals surface area contributed by atoms with Crippen LogP contribution in [0.1, 0.15) is 24.1 Å². The number of aromatic nitrogens is 4. The van der Waals surface area contributed by atoms with E-state index >= 15 is 4.39 Å². The first-order valence-corrected chi connectivity index (χ1v) is 17.4. The number of carbonyl (C=O) groups is 1. The van der Waals surface area contributed by atoms with E-state index in [9.17, 15) is 9.18 Å². The van der Waals surface area contributed by atoms with E-state index in [1.165, 1.54) is 23.5 Å². The zero-order valence-electron chi connectivity index (χ0n) is 27.4. The second-order valence-corrected chi connectivity index (χ2v) is 13.3. The molecule has 0 aliphatic carbocycles. The molecule has 9 nitrogen and oxygen atoms in total. The first kappa shape index (κ1) is 32.0. The molecular weight excluding hydrogens is 661 g/mol. The van der Waals surface area contributed by atoms with E-state index in [1.807, 2.05) is 36.7 Å². The highest BCUT2D eigenvalue weighted by Gasteiger charge is 2.28. The largest absolute Gasteiger partial charge is 0.493 e. The number of benzene rings is 2. The highest BCUT2D eigenvalue weighted by atomic mass is 32.1. The summed E-state index contributed by atoms with van der Waals surface area (Å²) in [5.74, 6) is -1.00. The fourth-order valence-electron chi connectivity index (χ4n) is 6.74. The molecule has 254 valence electrons. The lowest BCUT2D eigenvalue weighted by Gasteiger charge is -2.27. The molecule has 4 aromatic heterocycles. The Labute approximate surface area is 290 Å². The number of amides is 1. The molecule has 0 spiro atoms. The van der Waals surface area contributed by atoms with E-state index in [4.69, 9.17) is 24.2 Å². The fraction of sp³-hybridized carbons (Fsp3) is 0.263. The van der Waals surface area contributed by atoms with Crippen molar-refractivity contribution in [3.05, 3.63) is 89.7 Å². The molecule has 0 radical (unpaired) electrons. The number of halogens is 2. The molecule has 12 heteroatoms. The smallest absolute Gasteiger partial charge is 0.246 e. The minimum atomic E-state index is -0.779. The zero-order valence-corrected chi connectivity index (χ0v) is 28.2. The predicted molar refractivity (Wildman–Crippen MR) is 188 cm³/mol. The second-order valence-electron chi connectivity index (χ2n) is 12.3. The third-order valence-electron chi connectivity index (χ3n) is 9.20. The number of hydrogen-bond acceptors (Lipinski definition) is 8. The van der Waals surface area contributed by atoms with Crippen LogP contribution >= 0.6 is 11.3 Å². The molecule has 0 unspecified atom stereocenters. The van der Waals surface area contributed by atoms with Crippen LogP contribution in [-0.4, -0.2) is 63.5 Å². The number of aryl methyl sites for hydroxylation is 1. The van der Waals surface area contributed by atoms with Crippen molar-refractivity contribution in [3.8, 4) is 45.1 Å². The van der Waals surface area contributed by atoms with Crippen LogP contribution in [0.3, 0.4) is 0 Å². The van der Waals surface area contributed by atoms with Crippen LogP contribution < -0.4 is 9.47 Å². The summed E-state index contributed by atoms with van der Waals surface area (Å²) in [7, 11) is 1.89. The Morgan fingerprint density at radius 1 is 0.980 bits per heavy atom. The van der Waals surface area contributed by atoms with Crippen LogP contribution in [0.15, 0.2) is 66.8 Å². The van der Waals surface area contributed by atoms with Crippen molar-refractivity contribution in [2.24, 2.45) is 7.05 Å². The number of carbonyl (C=O) groups excluding carboxylic acids is 1. The molecule has 0 saturated carbocycles. The molecule has 50 heavy (non-hydrogen) atoms. The number of pyridine rings is 2. The Morgan fingerprint density at radius 2 is 1.84 bits per heavy atom. The van der Waals surface area contributed by atoms with E-state index in [0.29, 0.717) is 61.0 Å². The number of nitrogens with zero attached hydrogens (tertiary/aromatic N) is 5. The van der Waals surface area contributed by atoms with Gasteiger partial charge in [0.15, 0.2) is 0 Å². The van der Waals surface area contributed by atoms with Gasteiger partial charge in [-0.25, -0.2) is 13.8 Å². The Kier molecular flexibility index (Phi) is 8.49. The van der Waals surface area contributed by atoms with Crippen LogP contribution in [0.5, 0.6) is 11.5 Å². The molecule has 2 aromatic carbocycles. The predicted octanol–water partition coefficient (Wildman–Crippen LogP) is 7.50. The molecule has 6 aromatic rings. The van der Waals surface area contributed by atoms with Gasteiger partial charge in [0.2, 0.25) is 5.91 Å². The third-order valence-corrected chi connectivity index (χ3v) is 10.1. The van der Waals surface area contributed by atoms with Gasteiger partial charge in [0.05, 0.1) is 41.9 Å². The third kappa shape index (κ3) is 5.77. The maximum Gasteiger partial charge on any atom is 0.246 e. The maximum absolute atomic E-state index is 16.3. The average Bonchev–Trinajstić information content (AvgIpc) is 3.76. The van der Waals surface area contributed by atoms with Gasteiger partial charge in [0, 0.05) is 95.4 Å². The monoisotopic (exact) mass is 693 g/mol. The Morgan fingerprint density at radius 3 is 2.72 bits per heavy atom. The van der Waals surface area contributed by atoms with Gasteiger partial charge in [0.25, 0.3) is 0 Å². The SMILES string of the molecule is C=CC(=O)N1CCc2ncc(-c3nc4c5ccsc5c3-c3c(F)cc(F)cc3OCCOCCCCOc3cc5c(cnn5C)cc3-4)cc2C1. The molecule has 8 rings (SSSR count). The Balaban J connectivity index is 1.43. The van der Waals surface area contributed by atoms with Crippen molar-refractivity contribution in [3.63, 3.8) is 0 Å². The minimum Gasteiger partial charge on any atom is -0.493 e. The maximum atomic E-state index is 16.3. The first-order chi connectivity index (χ1) is 24.4. The van der Waals surface area contributed by atoms with Crippen molar-refractivity contribution in [1.29, 1.82) is 0 Å². The van der Waals surface area contributed by atoms with Gasteiger partial charge in [-0.3, -0.25) is 14.5 Å². The van der Waals surface area contributed by atoms with Crippen molar-refractivity contribution in [2.45, 2.75) is 25.8 Å². The summed E-state index contributed by atoms with van der Waals surface area (Å²) in [6.45, 7) is 5.82. The number of ether oxygens (including phenoxy) is 3. The normalized spacial score (nSPS) is 15.1. The lowest BCUT2D eigenvalue weighted by Crippen LogP contribution is -2.35. The summed E-state index contributed by atoms with van der Waals surface area (Å²) < 4.78 is 51.9. The van der Waals surface area contributed by atoms with Crippen LogP contribution in [-0.2, 0) is 29.5 Å². The molecule has 2 aliphatic heterocycles. The quantitative estimate of drug-likeness (QED) is 0.174. The van der Waals surface area contributed by atoms with Crippen LogP contribution in [0.4, 0.5) is 8.78 Å². The summed E-state index contributed by atoms with van der Waals surface area (Å²) in [4.78, 5) is 24.4. The summed E-state index contributed by atoms with van der Waals surface area (Å²) in [5, 5.41) is 8.09.